The highest BCUT2D eigenvalue weighted by molar-refractivity contribution is 8.09. The van der Waals surface area contributed by atoms with E-state index in [0.29, 0.717) is 16.9 Å². The molecule has 0 fully saturated rings. The van der Waals surface area contributed by atoms with E-state index in [-0.39, 0.29) is 18.5 Å². The number of nitrogens with two attached hydrogens (primary N) is 1. The smallest absolute Gasteiger partial charge is 0.323 e. The lowest BCUT2D eigenvalue weighted by atomic mass is 10.2. The molecule has 0 aliphatic carbocycles. The lowest BCUT2D eigenvalue weighted by Crippen LogP contribution is -2.39. The van der Waals surface area contributed by atoms with E-state index in [9.17, 15) is 15.0 Å². The summed E-state index contributed by atoms with van der Waals surface area (Å²) in [4.78, 5) is 24.6. The summed E-state index contributed by atoms with van der Waals surface area (Å²) in [6, 6.07) is 7.76. The third-order valence-corrected chi connectivity index (χ3v) is 7.64. The molecule has 0 bridgehead atoms. The van der Waals surface area contributed by atoms with Gasteiger partial charge in [0.15, 0.2) is 17.7 Å². The molecular weight excluding hydrogens is 547 g/mol. The summed E-state index contributed by atoms with van der Waals surface area (Å²) in [6.07, 6.45) is 4.01. The fourth-order valence-electron chi connectivity index (χ4n) is 3.30. The van der Waals surface area contributed by atoms with Crippen LogP contribution in [-0.4, -0.2) is 73.3 Å². The lowest BCUT2D eigenvalue weighted by Gasteiger charge is -2.30. The minimum Gasteiger partial charge on any atom is -0.462 e. The number of imidazole rings is 1. The number of esters is 1. The van der Waals surface area contributed by atoms with Gasteiger partial charge in [-0.2, -0.15) is 0 Å². The van der Waals surface area contributed by atoms with E-state index in [0.717, 1.165) is 0 Å². The molecule has 0 aliphatic rings. The second kappa shape index (κ2) is 13.8. The molecule has 210 valence electrons. The summed E-state index contributed by atoms with van der Waals surface area (Å²) in [5.41, 5.74) is 6.46. The van der Waals surface area contributed by atoms with Gasteiger partial charge in [-0.1, -0.05) is 24.1 Å². The Bertz CT molecular complexity index is 1340. The zero-order chi connectivity index (χ0) is 28.6. The second-order valence-corrected chi connectivity index (χ2v) is 11.7. The molecule has 0 radical (unpaired) electrons. The maximum Gasteiger partial charge on any atom is 0.323 e. The van der Waals surface area contributed by atoms with Gasteiger partial charge in [-0.3, -0.25) is 9.36 Å². The normalized spacial score (nSPS) is 16.1. The molecule has 0 aliphatic heterocycles. The van der Waals surface area contributed by atoms with Gasteiger partial charge in [0.05, 0.1) is 25.6 Å². The van der Waals surface area contributed by atoms with E-state index in [1.807, 2.05) is 0 Å². The number of nitrogens with one attached hydrogen (secondary N) is 1. The molecule has 1 aromatic carbocycles. The number of benzene rings is 1. The summed E-state index contributed by atoms with van der Waals surface area (Å²) < 4.78 is 24.6. The van der Waals surface area contributed by atoms with E-state index in [1.54, 1.807) is 51.1 Å². The SMILES string of the molecule is C#C[C@H](O)[C@@H](COP(=S)(N[C@@H](C)C(=O)OC(C)C)Oc1ccccc1)O[C@H](CO)n1cnc2c(N)ncnc21. The van der Waals surface area contributed by atoms with Crippen LogP contribution in [0.25, 0.3) is 11.2 Å². The highest BCUT2D eigenvalue weighted by Crippen LogP contribution is 2.45. The Morgan fingerprint density at radius 3 is 2.62 bits per heavy atom. The van der Waals surface area contributed by atoms with E-state index in [1.165, 1.54) is 17.2 Å². The van der Waals surface area contributed by atoms with Gasteiger partial charge in [0.2, 0.25) is 0 Å². The van der Waals surface area contributed by atoms with Crippen LogP contribution in [0.2, 0.25) is 0 Å². The third kappa shape index (κ3) is 8.17. The standard InChI is InChI=1S/C24H31N6O7PS/c1-5-18(32)19(36-20(11-31)30-14-28-21-22(25)26-13-27-23(21)30)12-34-38(39,37-17-9-7-6-8-10-17)29-16(4)24(33)35-15(2)3/h1,6-10,13-16,18-20,31-32H,11-12H2,2-4H3,(H,29,39)(H2,25,26,27)/t16-,18-,19+,20+,38?/m0/s1. The summed E-state index contributed by atoms with van der Waals surface area (Å²) in [5, 5.41) is 23.5. The number of nitrogen functional groups attached to an aromatic ring is 1. The van der Waals surface area contributed by atoms with Crippen molar-refractivity contribution in [2.75, 3.05) is 18.9 Å². The van der Waals surface area contributed by atoms with Crippen LogP contribution < -0.4 is 15.3 Å². The van der Waals surface area contributed by atoms with Gasteiger partial charge >= 0.3 is 12.6 Å². The van der Waals surface area contributed by atoms with Crippen LogP contribution in [-0.2, 0) is 30.6 Å². The zero-order valence-electron chi connectivity index (χ0n) is 21.6. The summed E-state index contributed by atoms with van der Waals surface area (Å²) >= 11 is 5.70. The predicted octanol–water partition coefficient (Wildman–Crippen LogP) is 1.53. The third-order valence-electron chi connectivity index (χ3n) is 5.14. The van der Waals surface area contributed by atoms with E-state index < -0.39 is 43.7 Å². The first kappa shape index (κ1) is 30.4. The number of rotatable bonds is 14. The first-order valence-electron chi connectivity index (χ1n) is 11.9. The largest absolute Gasteiger partial charge is 0.462 e. The topological polar surface area (TPSA) is 176 Å². The fraction of sp³-hybridized carbons (Fsp3) is 0.417. The minimum atomic E-state index is -3.45. The molecular formula is C24H31N6O7PS. The van der Waals surface area contributed by atoms with Crippen LogP contribution in [0.3, 0.4) is 0 Å². The van der Waals surface area contributed by atoms with Crippen LogP contribution in [0.4, 0.5) is 5.82 Å². The van der Waals surface area contributed by atoms with Gasteiger partial charge in [0.25, 0.3) is 0 Å². The Morgan fingerprint density at radius 1 is 1.26 bits per heavy atom. The molecule has 0 saturated carbocycles. The van der Waals surface area contributed by atoms with Gasteiger partial charge in [-0.25, -0.2) is 20.0 Å². The van der Waals surface area contributed by atoms with Gasteiger partial charge in [0.1, 0.15) is 35.8 Å². The Kier molecular flexibility index (Phi) is 10.7. The van der Waals surface area contributed by atoms with Crippen molar-refractivity contribution < 1.29 is 33.5 Å². The number of ether oxygens (including phenoxy) is 2. The first-order valence-corrected chi connectivity index (χ1v) is 14.5. The number of terminal acetylenes is 1. The average molecular weight is 579 g/mol. The summed E-state index contributed by atoms with van der Waals surface area (Å²) in [5.74, 6) is 2.18. The molecule has 0 amide bonds. The van der Waals surface area contributed by atoms with Crippen LogP contribution in [0.15, 0.2) is 43.0 Å². The maximum absolute atomic E-state index is 12.5. The predicted molar refractivity (Wildman–Crippen MR) is 147 cm³/mol. The molecule has 39 heavy (non-hydrogen) atoms. The Balaban J connectivity index is 1.83. The van der Waals surface area contributed by atoms with E-state index in [2.05, 4.69) is 26.0 Å². The molecule has 3 rings (SSSR count). The van der Waals surface area contributed by atoms with E-state index >= 15 is 0 Å². The van der Waals surface area contributed by atoms with Crippen LogP contribution in [0.5, 0.6) is 5.75 Å². The van der Waals surface area contributed by atoms with Crippen LogP contribution in [0.1, 0.15) is 27.0 Å². The molecule has 3 aromatic rings. The number of para-hydroxylation sites is 1. The second-order valence-electron chi connectivity index (χ2n) is 8.54. The monoisotopic (exact) mass is 578 g/mol. The van der Waals surface area contributed by atoms with Crippen molar-refractivity contribution in [1.29, 1.82) is 0 Å². The highest BCUT2D eigenvalue weighted by atomic mass is 32.5. The summed E-state index contributed by atoms with van der Waals surface area (Å²) in [6.45, 7) is 0.659. The van der Waals surface area contributed by atoms with Crippen molar-refractivity contribution in [3.8, 4) is 18.1 Å². The number of fused-ring (bicyclic) bond motifs is 1. The molecule has 0 spiro atoms. The van der Waals surface area contributed by atoms with Crippen molar-refractivity contribution in [2.45, 2.75) is 51.4 Å². The number of aliphatic hydroxyl groups excluding tert-OH is 2. The molecule has 1 unspecified atom stereocenters. The van der Waals surface area contributed by atoms with Crippen molar-refractivity contribution in [1.82, 2.24) is 24.6 Å². The quantitative estimate of drug-likeness (QED) is 0.123. The van der Waals surface area contributed by atoms with Gasteiger partial charge in [-0.15, -0.1) is 6.42 Å². The Morgan fingerprint density at radius 2 is 1.97 bits per heavy atom. The number of carbonyl (C=O) groups is 1. The van der Waals surface area contributed by atoms with Crippen molar-refractivity contribution in [3.05, 3.63) is 43.0 Å². The van der Waals surface area contributed by atoms with Crippen LogP contribution >= 0.6 is 6.64 Å². The number of aliphatic hydroxyl groups is 2. The molecule has 5 N–H and O–H groups in total. The first-order chi connectivity index (χ1) is 18.6. The molecule has 2 heterocycles. The number of aromatic nitrogens is 4. The maximum atomic E-state index is 12.5. The van der Waals surface area contributed by atoms with Crippen molar-refractivity contribution in [2.24, 2.45) is 0 Å². The molecule has 15 heteroatoms. The summed E-state index contributed by atoms with van der Waals surface area (Å²) in [7, 11) is 0. The molecule has 13 nitrogen and oxygen atoms in total. The number of anilines is 1. The Hall–Kier alpha value is -3.15. The fourth-order valence-corrected chi connectivity index (χ4v) is 5.71. The highest BCUT2D eigenvalue weighted by Gasteiger charge is 2.32. The van der Waals surface area contributed by atoms with Crippen molar-refractivity contribution in [3.63, 3.8) is 0 Å². The average Bonchev–Trinajstić information content (AvgIpc) is 3.34. The Labute approximate surface area is 230 Å². The van der Waals surface area contributed by atoms with Gasteiger partial charge in [-0.05, 0) is 44.7 Å². The van der Waals surface area contributed by atoms with E-state index in [4.69, 9.17) is 42.5 Å². The zero-order valence-corrected chi connectivity index (χ0v) is 23.3. The van der Waals surface area contributed by atoms with Gasteiger partial charge in [0, 0.05) is 0 Å². The number of carbonyl (C=O) groups excluding carboxylic acids is 1. The molecule has 0 saturated heterocycles. The number of hydrogen-bond acceptors (Lipinski definition) is 12. The van der Waals surface area contributed by atoms with Gasteiger partial charge < -0.3 is 34.5 Å². The number of hydrogen-bond donors (Lipinski definition) is 4. The van der Waals surface area contributed by atoms with Crippen LogP contribution in [0, 0.1) is 12.3 Å². The molecule has 5 atom stereocenters. The van der Waals surface area contributed by atoms with Crippen molar-refractivity contribution >= 4 is 41.4 Å². The molecule has 2 aromatic heterocycles. The number of nitrogens with zero attached hydrogens (tertiary/aromatic N) is 4. The minimum absolute atomic E-state index is 0.147. The lowest BCUT2D eigenvalue weighted by molar-refractivity contribution is -0.149.